The van der Waals surface area contributed by atoms with Crippen LogP contribution in [0.25, 0.3) is 0 Å². The van der Waals surface area contributed by atoms with Gasteiger partial charge in [0.05, 0.1) is 32.5 Å². The topological polar surface area (TPSA) is 74.2 Å². The zero-order valence-electron chi connectivity index (χ0n) is 22.3. The first-order valence-electron chi connectivity index (χ1n) is 14.6. The average Bonchev–Trinajstić information content (AvgIpc) is 3.20. The lowest BCUT2D eigenvalue weighted by atomic mass is 9.51. The van der Waals surface area contributed by atoms with E-state index in [1.54, 1.807) is 7.11 Å². The summed E-state index contributed by atoms with van der Waals surface area (Å²) in [5.74, 6) is 1.87. The van der Waals surface area contributed by atoms with Gasteiger partial charge in [0.25, 0.3) is 0 Å². The highest BCUT2D eigenvalue weighted by Gasteiger charge is 2.69. The molecule has 202 valence electrons. The number of piperidine rings is 1. The molecular weight excluding hydrogens is 452 g/mol. The van der Waals surface area contributed by atoms with Crippen LogP contribution in [-0.4, -0.2) is 72.8 Å². The SMILES string of the molecule is COc1ccc(COC(CO)C23NCC4CC5(CO)CCCCCCCCCCN(CCC42)C53)cc1. The maximum atomic E-state index is 11.1. The maximum Gasteiger partial charge on any atom is 0.118 e. The van der Waals surface area contributed by atoms with E-state index in [9.17, 15) is 10.2 Å². The Labute approximate surface area is 217 Å². The third-order valence-electron chi connectivity index (χ3n) is 10.1. The van der Waals surface area contributed by atoms with Crippen LogP contribution in [0.3, 0.4) is 0 Å². The van der Waals surface area contributed by atoms with Crippen molar-refractivity contribution in [3.63, 3.8) is 0 Å². The fourth-order valence-corrected chi connectivity index (χ4v) is 8.57. The van der Waals surface area contributed by atoms with E-state index in [0.29, 0.717) is 18.4 Å². The summed E-state index contributed by atoms with van der Waals surface area (Å²) < 4.78 is 11.9. The fourth-order valence-electron chi connectivity index (χ4n) is 8.57. The van der Waals surface area contributed by atoms with Crippen LogP contribution < -0.4 is 10.1 Å². The molecule has 1 aliphatic carbocycles. The van der Waals surface area contributed by atoms with Crippen LogP contribution in [0.2, 0.25) is 0 Å². The Morgan fingerprint density at radius 2 is 1.72 bits per heavy atom. The second-order valence-corrected chi connectivity index (χ2v) is 12.0. The van der Waals surface area contributed by atoms with Crippen LogP contribution in [0.4, 0.5) is 0 Å². The highest BCUT2D eigenvalue weighted by Crippen LogP contribution is 2.59. The second kappa shape index (κ2) is 11.7. The maximum absolute atomic E-state index is 11.1. The first kappa shape index (κ1) is 26.4. The third-order valence-corrected chi connectivity index (χ3v) is 10.1. The molecule has 0 amide bonds. The molecule has 6 atom stereocenters. The molecule has 1 aromatic rings. The Balaban J connectivity index is 1.46. The quantitative estimate of drug-likeness (QED) is 0.523. The zero-order valence-corrected chi connectivity index (χ0v) is 22.3. The molecule has 6 heteroatoms. The monoisotopic (exact) mass is 500 g/mol. The summed E-state index contributed by atoms with van der Waals surface area (Å²) in [6.07, 6.45) is 13.3. The molecule has 3 heterocycles. The van der Waals surface area contributed by atoms with Crippen molar-refractivity contribution in [2.45, 2.75) is 94.9 Å². The number of benzene rings is 1. The van der Waals surface area contributed by atoms with Crippen molar-refractivity contribution >= 4 is 0 Å². The molecule has 3 aliphatic heterocycles. The van der Waals surface area contributed by atoms with Gasteiger partial charge in [0.2, 0.25) is 0 Å². The van der Waals surface area contributed by atoms with Gasteiger partial charge in [-0.15, -0.1) is 0 Å². The van der Waals surface area contributed by atoms with Crippen LogP contribution in [0.1, 0.15) is 76.2 Å². The molecular formula is C30H48N2O4. The molecule has 4 aliphatic rings. The summed E-state index contributed by atoms with van der Waals surface area (Å²) in [5, 5.41) is 25.9. The number of nitrogens with one attached hydrogen (secondary N) is 1. The summed E-state index contributed by atoms with van der Waals surface area (Å²) >= 11 is 0. The fraction of sp³-hybridized carbons (Fsp3) is 0.800. The first-order valence-corrected chi connectivity index (χ1v) is 14.6. The molecule has 5 rings (SSSR count). The van der Waals surface area contributed by atoms with E-state index in [1.807, 2.05) is 24.3 Å². The molecule has 4 bridgehead atoms. The molecule has 1 aromatic carbocycles. The van der Waals surface area contributed by atoms with E-state index in [2.05, 4.69) is 10.2 Å². The minimum Gasteiger partial charge on any atom is -0.497 e. The first-order chi connectivity index (χ1) is 17.7. The molecule has 0 radical (unpaired) electrons. The molecule has 6 unspecified atom stereocenters. The van der Waals surface area contributed by atoms with Crippen LogP contribution in [0.5, 0.6) is 5.75 Å². The van der Waals surface area contributed by atoms with Crippen molar-refractivity contribution in [1.82, 2.24) is 10.2 Å². The Morgan fingerprint density at radius 1 is 1.00 bits per heavy atom. The van der Waals surface area contributed by atoms with E-state index < -0.39 is 0 Å². The van der Waals surface area contributed by atoms with Gasteiger partial charge in [0.15, 0.2) is 0 Å². The minimum absolute atomic E-state index is 0.00176. The van der Waals surface area contributed by atoms with Gasteiger partial charge in [0.1, 0.15) is 11.9 Å². The number of aliphatic hydroxyl groups is 2. The van der Waals surface area contributed by atoms with Crippen LogP contribution >= 0.6 is 0 Å². The highest BCUT2D eigenvalue weighted by molar-refractivity contribution is 5.28. The smallest absolute Gasteiger partial charge is 0.118 e. The Bertz CT molecular complexity index is 835. The number of hydrogen-bond donors (Lipinski definition) is 3. The Morgan fingerprint density at radius 3 is 2.42 bits per heavy atom. The predicted octanol–water partition coefficient (Wildman–Crippen LogP) is 4.13. The standard InChI is InChI=1S/C30H48N2O4/c1-35-25-12-10-23(11-13-25)21-36-27(20-33)30-26-14-17-32-16-9-7-5-3-2-4-6-8-15-29(22-34,28(30)32)18-24(26)19-31-30/h10-13,24,26-28,31,33-34H,2-9,14-22H2,1H3. The summed E-state index contributed by atoms with van der Waals surface area (Å²) in [6.45, 7) is 3.86. The number of methoxy groups -OCH3 is 1. The lowest BCUT2D eigenvalue weighted by Crippen LogP contribution is -2.78. The molecule has 0 spiro atoms. The van der Waals surface area contributed by atoms with Crippen molar-refractivity contribution in [2.75, 3.05) is 40.0 Å². The lowest BCUT2D eigenvalue weighted by molar-refractivity contribution is -0.179. The molecule has 36 heavy (non-hydrogen) atoms. The van der Waals surface area contributed by atoms with Gasteiger partial charge < -0.3 is 25.0 Å². The molecule has 6 nitrogen and oxygen atoms in total. The summed E-state index contributed by atoms with van der Waals surface area (Å²) in [7, 11) is 1.68. The second-order valence-electron chi connectivity index (χ2n) is 12.0. The van der Waals surface area contributed by atoms with Crippen LogP contribution in [0.15, 0.2) is 24.3 Å². The van der Waals surface area contributed by atoms with Crippen LogP contribution in [-0.2, 0) is 11.3 Å². The van der Waals surface area contributed by atoms with Gasteiger partial charge in [-0.3, -0.25) is 4.90 Å². The summed E-state index contributed by atoms with van der Waals surface area (Å²) in [6, 6.07) is 8.22. The average molecular weight is 501 g/mol. The number of aliphatic hydroxyl groups excluding tert-OH is 2. The van der Waals surface area contributed by atoms with E-state index in [-0.39, 0.29) is 36.3 Å². The van der Waals surface area contributed by atoms with Crippen molar-refractivity contribution in [3.8, 4) is 5.75 Å². The largest absolute Gasteiger partial charge is 0.497 e. The van der Waals surface area contributed by atoms with Gasteiger partial charge in [-0.05, 0) is 74.8 Å². The molecule has 3 saturated heterocycles. The van der Waals surface area contributed by atoms with Crippen molar-refractivity contribution < 1.29 is 19.7 Å². The summed E-state index contributed by atoms with van der Waals surface area (Å²) in [5.41, 5.74) is 0.645. The predicted molar refractivity (Wildman–Crippen MR) is 142 cm³/mol. The number of rotatable bonds is 7. The molecule has 3 N–H and O–H groups in total. The number of hydrogen-bond acceptors (Lipinski definition) is 6. The molecule has 1 saturated carbocycles. The van der Waals surface area contributed by atoms with Crippen molar-refractivity contribution in [1.29, 1.82) is 0 Å². The van der Waals surface area contributed by atoms with Crippen molar-refractivity contribution in [3.05, 3.63) is 29.8 Å². The van der Waals surface area contributed by atoms with E-state index >= 15 is 0 Å². The zero-order chi connectivity index (χ0) is 25.0. The van der Waals surface area contributed by atoms with E-state index in [0.717, 1.165) is 50.2 Å². The molecule has 0 aromatic heterocycles. The normalized spacial score (nSPS) is 36.4. The number of nitrogens with zero attached hydrogens (tertiary/aromatic N) is 1. The minimum atomic E-state index is -0.314. The molecule has 4 fully saturated rings. The highest BCUT2D eigenvalue weighted by atomic mass is 16.5. The Kier molecular flexibility index (Phi) is 8.58. The number of ether oxygens (including phenoxy) is 2. The summed E-state index contributed by atoms with van der Waals surface area (Å²) in [4.78, 5) is 2.71. The van der Waals surface area contributed by atoms with E-state index in [4.69, 9.17) is 9.47 Å². The lowest BCUT2D eigenvalue weighted by Gasteiger charge is -2.64. The van der Waals surface area contributed by atoms with Gasteiger partial charge >= 0.3 is 0 Å². The third kappa shape index (κ3) is 4.84. The van der Waals surface area contributed by atoms with Gasteiger partial charge in [0, 0.05) is 11.5 Å². The van der Waals surface area contributed by atoms with Crippen LogP contribution in [0, 0.1) is 17.3 Å². The van der Waals surface area contributed by atoms with Gasteiger partial charge in [-0.25, -0.2) is 0 Å². The van der Waals surface area contributed by atoms with Gasteiger partial charge in [-0.1, -0.05) is 57.1 Å². The van der Waals surface area contributed by atoms with Gasteiger partial charge in [-0.2, -0.15) is 0 Å². The Hall–Kier alpha value is -1.18. The van der Waals surface area contributed by atoms with E-state index in [1.165, 1.54) is 51.4 Å². The van der Waals surface area contributed by atoms with Crippen molar-refractivity contribution in [2.24, 2.45) is 17.3 Å².